The number of alkyl carbamates (subject to hydrolysis) is 1. The second-order valence-corrected chi connectivity index (χ2v) is 13.2. The van der Waals surface area contributed by atoms with E-state index in [4.69, 9.17) is 38.4 Å². The van der Waals surface area contributed by atoms with E-state index < -0.39 is 35.4 Å². The zero-order valence-corrected chi connectivity index (χ0v) is 29.8. The molecule has 0 aliphatic carbocycles. The fourth-order valence-corrected chi connectivity index (χ4v) is 5.35. The summed E-state index contributed by atoms with van der Waals surface area (Å²) in [6, 6.07) is 8.18. The van der Waals surface area contributed by atoms with Crippen LogP contribution in [0.5, 0.6) is 0 Å². The molecule has 2 aromatic carbocycles. The maximum Gasteiger partial charge on any atom is 0.407 e. The first-order chi connectivity index (χ1) is 23.6. The Hall–Kier alpha value is -4.72. The number of halogens is 3. The van der Waals surface area contributed by atoms with Gasteiger partial charge in [0, 0.05) is 30.2 Å². The van der Waals surface area contributed by atoms with Gasteiger partial charge in [0.25, 0.3) is 11.8 Å². The number of morpholine rings is 1. The Bertz CT molecular complexity index is 1780. The lowest BCUT2D eigenvalue weighted by atomic mass is 10.0. The van der Waals surface area contributed by atoms with E-state index in [1.165, 1.54) is 6.08 Å². The molecular formula is C35H40Cl2FN7O5. The van der Waals surface area contributed by atoms with Crippen LogP contribution in [0.15, 0.2) is 82.1 Å². The van der Waals surface area contributed by atoms with Crippen molar-refractivity contribution in [1.82, 2.24) is 20.9 Å². The van der Waals surface area contributed by atoms with E-state index in [2.05, 4.69) is 32.5 Å². The predicted octanol–water partition coefficient (Wildman–Crippen LogP) is 5.71. The molecule has 1 fully saturated rings. The molecule has 266 valence electrons. The number of hydrogen-bond acceptors (Lipinski definition) is 8. The zero-order chi connectivity index (χ0) is 36.6. The number of benzene rings is 2. The van der Waals surface area contributed by atoms with Crippen molar-refractivity contribution in [3.05, 3.63) is 99.1 Å². The molecule has 3 amide bonds. The molecule has 1 saturated heterocycles. The molecule has 1 unspecified atom stereocenters. The summed E-state index contributed by atoms with van der Waals surface area (Å²) in [5, 5.41) is 8.47. The quantitative estimate of drug-likeness (QED) is 0.180. The summed E-state index contributed by atoms with van der Waals surface area (Å²) in [6.07, 6.45) is 2.86. The van der Waals surface area contributed by atoms with Crippen molar-refractivity contribution in [1.29, 1.82) is 0 Å². The first-order valence-corrected chi connectivity index (χ1v) is 16.6. The van der Waals surface area contributed by atoms with Crippen molar-refractivity contribution < 1.29 is 28.2 Å². The summed E-state index contributed by atoms with van der Waals surface area (Å²) < 4.78 is 25.9. The van der Waals surface area contributed by atoms with Crippen LogP contribution in [0.4, 0.5) is 14.9 Å². The van der Waals surface area contributed by atoms with Crippen molar-refractivity contribution in [3.8, 4) is 0 Å². The molecular weight excluding hydrogens is 688 g/mol. The molecule has 0 radical (unpaired) electrons. The highest BCUT2D eigenvalue weighted by molar-refractivity contribution is 6.34. The van der Waals surface area contributed by atoms with Crippen LogP contribution in [0.3, 0.4) is 0 Å². The molecule has 2 aliphatic rings. The average Bonchev–Trinajstić information content (AvgIpc) is 3.05. The van der Waals surface area contributed by atoms with Gasteiger partial charge in [-0.1, -0.05) is 48.0 Å². The molecule has 2 heterocycles. The molecule has 50 heavy (non-hydrogen) atoms. The molecule has 4 rings (SSSR count). The van der Waals surface area contributed by atoms with Crippen LogP contribution < -0.4 is 21.7 Å². The second kappa shape index (κ2) is 16.8. The molecule has 12 nitrogen and oxygen atoms in total. The summed E-state index contributed by atoms with van der Waals surface area (Å²) in [7, 11) is 0. The second-order valence-electron chi connectivity index (χ2n) is 12.3. The van der Waals surface area contributed by atoms with E-state index in [9.17, 15) is 14.4 Å². The number of carbonyl (C=O) groups is 3. The third-order valence-electron chi connectivity index (χ3n) is 7.43. The van der Waals surface area contributed by atoms with Crippen molar-refractivity contribution in [2.75, 3.05) is 32.8 Å². The van der Waals surface area contributed by atoms with Crippen LogP contribution in [-0.4, -0.2) is 72.9 Å². The third-order valence-corrected chi connectivity index (χ3v) is 7.97. The lowest BCUT2D eigenvalue weighted by molar-refractivity contribution is -0.115. The number of ether oxygens (including phenoxy) is 2. The molecule has 0 saturated carbocycles. The highest BCUT2D eigenvalue weighted by Gasteiger charge is 2.26. The smallest absolute Gasteiger partial charge is 0.407 e. The lowest BCUT2D eigenvalue weighted by Gasteiger charge is -2.29. The van der Waals surface area contributed by atoms with E-state index in [0.29, 0.717) is 54.1 Å². The van der Waals surface area contributed by atoms with Gasteiger partial charge in [-0.2, -0.15) is 0 Å². The van der Waals surface area contributed by atoms with Crippen LogP contribution in [0.2, 0.25) is 10.0 Å². The summed E-state index contributed by atoms with van der Waals surface area (Å²) in [5.41, 5.74) is 6.37. The van der Waals surface area contributed by atoms with E-state index in [0.717, 1.165) is 12.1 Å². The Morgan fingerprint density at radius 3 is 2.60 bits per heavy atom. The number of aliphatic imine (C=N–C) groups is 2. The predicted molar refractivity (Wildman–Crippen MR) is 192 cm³/mol. The van der Waals surface area contributed by atoms with Gasteiger partial charge in [-0.05, 0) is 70.0 Å². The molecule has 2 aliphatic heterocycles. The van der Waals surface area contributed by atoms with E-state index in [1.807, 2.05) is 4.90 Å². The highest BCUT2D eigenvalue weighted by atomic mass is 35.5. The van der Waals surface area contributed by atoms with Crippen LogP contribution in [0.1, 0.15) is 56.1 Å². The maximum atomic E-state index is 15.2. The fourth-order valence-electron chi connectivity index (χ4n) is 4.96. The Labute approximate surface area is 300 Å². The van der Waals surface area contributed by atoms with Crippen molar-refractivity contribution in [2.24, 2.45) is 15.7 Å². The van der Waals surface area contributed by atoms with E-state index in [1.54, 1.807) is 58.0 Å². The van der Waals surface area contributed by atoms with Crippen molar-refractivity contribution in [3.63, 3.8) is 0 Å². The summed E-state index contributed by atoms with van der Waals surface area (Å²) in [4.78, 5) is 49.6. The number of hydrogen-bond donors (Lipinski definition) is 4. The van der Waals surface area contributed by atoms with Gasteiger partial charge in [0.15, 0.2) is 0 Å². The number of nitrogens with one attached hydrogen (secondary N) is 3. The Morgan fingerprint density at radius 2 is 1.94 bits per heavy atom. The maximum absolute atomic E-state index is 15.2. The van der Waals surface area contributed by atoms with E-state index in [-0.39, 0.29) is 40.6 Å². The van der Waals surface area contributed by atoms with Gasteiger partial charge < -0.3 is 36.1 Å². The summed E-state index contributed by atoms with van der Waals surface area (Å²) in [6.45, 7) is 13.5. The van der Waals surface area contributed by atoms with Gasteiger partial charge in [-0.3, -0.25) is 9.59 Å². The number of allylic oxidation sites excluding steroid dienone is 1. The zero-order valence-electron chi connectivity index (χ0n) is 28.2. The van der Waals surface area contributed by atoms with Crippen LogP contribution >= 0.6 is 23.2 Å². The monoisotopic (exact) mass is 727 g/mol. The van der Waals surface area contributed by atoms with Gasteiger partial charge in [-0.15, -0.1) is 0 Å². The Morgan fingerprint density at radius 1 is 1.22 bits per heavy atom. The lowest BCUT2D eigenvalue weighted by Crippen LogP contribution is -2.41. The fraction of sp³-hybridized carbons (Fsp3) is 0.343. The highest BCUT2D eigenvalue weighted by Crippen LogP contribution is 2.30. The molecule has 1 atom stereocenters. The minimum Gasteiger partial charge on any atom is -0.444 e. The van der Waals surface area contributed by atoms with Crippen molar-refractivity contribution in [2.45, 2.75) is 45.8 Å². The number of amidine groups is 2. The molecule has 15 heteroatoms. The normalized spacial score (nSPS) is 17.6. The van der Waals surface area contributed by atoms with Crippen LogP contribution in [-0.2, 0) is 14.3 Å². The topological polar surface area (TPSA) is 160 Å². The molecule has 0 bridgehead atoms. The largest absolute Gasteiger partial charge is 0.444 e. The molecule has 0 spiro atoms. The minimum absolute atomic E-state index is 0.0129. The van der Waals surface area contributed by atoms with Gasteiger partial charge in [-0.25, -0.2) is 19.2 Å². The van der Waals surface area contributed by atoms with Crippen molar-refractivity contribution >= 4 is 58.5 Å². The molecule has 2 aromatic rings. The summed E-state index contributed by atoms with van der Waals surface area (Å²) in [5.74, 6) is -1.73. The van der Waals surface area contributed by atoms with Crippen LogP contribution in [0.25, 0.3) is 0 Å². The van der Waals surface area contributed by atoms with Gasteiger partial charge in [0.05, 0.1) is 41.1 Å². The molecule has 5 N–H and O–H groups in total. The standard InChI is InChI=1S/C35H40Cl2FN7O5/c1-6-21-17-25(33(47)44-31(21)41-20(2)45-12-14-49-15-13-45)30(39)42-29-18-24(27(38)19-26(29)37)32(46)43-28(22-8-7-9-23(36)16-22)10-11-40-34(48)50-35(3,4)5/h6-9,16-19,28H,2,10-15H2,1,3-5H3,(H2,39,42)(H,40,48)(H,43,46)(H,41,44,47)/b21-6-. The number of nitrogens with zero attached hydrogens (tertiary/aromatic N) is 3. The molecule has 0 aromatic heterocycles. The Balaban J connectivity index is 1.56. The first-order valence-electron chi connectivity index (χ1n) is 15.8. The number of amides is 3. The minimum atomic E-state index is -0.908. The number of carbonyl (C=O) groups excluding carboxylic acids is 3. The van der Waals surface area contributed by atoms with Gasteiger partial charge >= 0.3 is 6.09 Å². The SMILES string of the molecule is C=C(/N=C1/NC(=O)C(C(N)=Nc2cc(C(=O)NC(CCNC(=O)OC(C)(C)C)c3cccc(Cl)c3)c(F)cc2Cl)=C/C1=C/C)N1CCOCC1. The Kier molecular flexibility index (Phi) is 12.8. The van der Waals surface area contributed by atoms with Crippen LogP contribution in [0, 0.1) is 5.82 Å². The first kappa shape index (κ1) is 38.1. The third kappa shape index (κ3) is 10.4. The number of rotatable bonds is 10. The number of nitrogens with two attached hydrogens (primary N) is 1. The average molecular weight is 729 g/mol. The van der Waals surface area contributed by atoms with E-state index >= 15 is 4.39 Å². The van der Waals surface area contributed by atoms with Gasteiger partial charge in [0.1, 0.15) is 28.9 Å². The van der Waals surface area contributed by atoms with Gasteiger partial charge in [0.2, 0.25) is 0 Å². The summed E-state index contributed by atoms with van der Waals surface area (Å²) >= 11 is 12.5.